The number of anilines is 1. The van der Waals surface area contributed by atoms with Gasteiger partial charge in [-0.3, -0.25) is 9.59 Å². The molecule has 1 aromatic rings. The van der Waals surface area contributed by atoms with E-state index in [1.807, 2.05) is 24.3 Å². The summed E-state index contributed by atoms with van der Waals surface area (Å²) in [4.78, 5) is 25.7. The summed E-state index contributed by atoms with van der Waals surface area (Å²) in [5.41, 5.74) is 6.20. The fourth-order valence-corrected chi connectivity index (χ4v) is 2.74. The van der Waals surface area contributed by atoms with Gasteiger partial charge in [0.1, 0.15) is 0 Å². The molecule has 1 fully saturated rings. The number of nitrogens with one attached hydrogen (secondary N) is 1. The number of para-hydroxylation sites is 1. The molecule has 1 saturated heterocycles. The monoisotopic (exact) mass is 339 g/mol. The van der Waals surface area contributed by atoms with Crippen LogP contribution in [0, 0.1) is 5.92 Å². The topological polar surface area (TPSA) is 75.4 Å². The zero-order valence-electron chi connectivity index (χ0n) is 11.1. The van der Waals surface area contributed by atoms with Crippen LogP contribution < -0.4 is 16.0 Å². The Labute approximate surface area is 126 Å². The minimum Gasteiger partial charge on any atom is -0.356 e. The SMILES string of the molecule is NCCCNC(=O)C1CC(=O)N(c2ccccc2Br)C1. The number of hydrogen-bond donors (Lipinski definition) is 2. The summed E-state index contributed by atoms with van der Waals surface area (Å²) in [6, 6.07) is 7.53. The molecule has 2 amide bonds. The maximum atomic E-state index is 12.1. The van der Waals surface area contributed by atoms with Gasteiger partial charge in [0.15, 0.2) is 0 Å². The van der Waals surface area contributed by atoms with Crippen molar-refractivity contribution in [3.63, 3.8) is 0 Å². The molecule has 0 aromatic heterocycles. The number of rotatable bonds is 5. The second-order valence-corrected chi connectivity index (χ2v) is 5.64. The predicted octanol–water partition coefficient (Wildman–Crippen LogP) is 1.27. The van der Waals surface area contributed by atoms with Crippen LogP contribution in [0.1, 0.15) is 12.8 Å². The molecule has 20 heavy (non-hydrogen) atoms. The van der Waals surface area contributed by atoms with Crippen LogP contribution in [0.2, 0.25) is 0 Å². The molecule has 1 heterocycles. The summed E-state index contributed by atoms with van der Waals surface area (Å²) < 4.78 is 0.859. The summed E-state index contributed by atoms with van der Waals surface area (Å²) in [5.74, 6) is -0.371. The molecule has 5 nitrogen and oxygen atoms in total. The highest BCUT2D eigenvalue weighted by molar-refractivity contribution is 9.10. The van der Waals surface area contributed by atoms with Crippen LogP contribution in [0.25, 0.3) is 0 Å². The first-order valence-electron chi connectivity index (χ1n) is 6.66. The van der Waals surface area contributed by atoms with Crippen molar-refractivity contribution >= 4 is 33.4 Å². The van der Waals surface area contributed by atoms with Gasteiger partial charge >= 0.3 is 0 Å². The van der Waals surface area contributed by atoms with Crippen molar-refractivity contribution in [2.45, 2.75) is 12.8 Å². The van der Waals surface area contributed by atoms with Crippen LogP contribution >= 0.6 is 15.9 Å². The maximum Gasteiger partial charge on any atom is 0.227 e. The lowest BCUT2D eigenvalue weighted by atomic mass is 10.1. The highest BCUT2D eigenvalue weighted by Crippen LogP contribution is 2.31. The Morgan fingerprint density at radius 2 is 2.20 bits per heavy atom. The lowest BCUT2D eigenvalue weighted by Crippen LogP contribution is -2.34. The molecule has 2 rings (SSSR count). The Bertz CT molecular complexity index is 507. The quantitative estimate of drug-likeness (QED) is 0.793. The molecule has 3 N–H and O–H groups in total. The van der Waals surface area contributed by atoms with E-state index in [0.29, 0.717) is 19.6 Å². The number of benzene rings is 1. The van der Waals surface area contributed by atoms with E-state index in [4.69, 9.17) is 5.73 Å². The Kier molecular flexibility index (Phi) is 5.14. The van der Waals surface area contributed by atoms with Crippen molar-refractivity contribution in [2.24, 2.45) is 11.7 Å². The Balaban J connectivity index is 2.00. The summed E-state index contributed by atoms with van der Waals surface area (Å²) in [6.07, 6.45) is 1.01. The van der Waals surface area contributed by atoms with E-state index in [1.165, 1.54) is 0 Å². The van der Waals surface area contributed by atoms with Gasteiger partial charge in [-0.05, 0) is 41.0 Å². The first kappa shape index (κ1) is 15.0. The number of nitrogens with zero attached hydrogens (tertiary/aromatic N) is 1. The highest BCUT2D eigenvalue weighted by atomic mass is 79.9. The third kappa shape index (κ3) is 3.37. The van der Waals surface area contributed by atoms with Crippen molar-refractivity contribution in [1.82, 2.24) is 5.32 Å². The molecule has 0 radical (unpaired) electrons. The molecular formula is C14H18BrN3O2. The Hall–Kier alpha value is -1.40. The first-order chi connectivity index (χ1) is 9.63. The number of halogens is 1. The molecule has 0 saturated carbocycles. The minimum absolute atomic E-state index is 0.0177. The van der Waals surface area contributed by atoms with E-state index in [0.717, 1.165) is 16.6 Å². The minimum atomic E-state index is -0.285. The van der Waals surface area contributed by atoms with Gasteiger partial charge in [-0.25, -0.2) is 0 Å². The Morgan fingerprint density at radius 3 is 2.90 bits per heavy atom. The lowest BCUT2D eigenvalue weighted by molar-refractivity contribution is -0.126. The normalized spacial score (nSPS) is 18.4. The van der Waals surface area contributed by atoms with E-state index in [9.17, 15) is 9.59 Å². The molecule has 1 aromatic carbocycles. The smallest absolute Gasteiger partial charge is 0.227 e. The molecule has 6 heteroatoms. The Morgan fingerprint density at radius 1 is 1.45 bits per heavy atom. The number of amides is 2. The second-order valence-electron chi connectivity index (χ2n) is 4.79. The van der Waals surface area contributed by atoms with E-state index in [2.05, 4.69) is 21.2 Å². The average molecular weight is 340 g/mol. The highest BCUT2D eigenvalue weighted by Gasteiger charge is 2.35. The van der Waals surface area contributed by atoms with Crippen molar-refractivity contribution < 1.29 is 9.59 Å². The predicted molar refractivity (Wildman–Crippen MR) is 81.3 cm³/mol. The number of nitrogens with two attached hydrogens (primary N) is 1. The van der Waals surface area contributed by atoms with Gasteiger partial charge < -0.3 is 16.0 Å². The summed E-state index contributed by atoms with van der Waals surface area (Å²) in [7, 11) is 0. The van der Waals surface area contributed by atoms with Crippen LogP contribution in [0.3, 0.4) is 0 Å². The summed E-state index contributed by atoms with van der Waals surface area (Å²) in [5, 5.41) is 2.82. The van der Waals surface area contributed by atoms with Crippen LogP contribution in [0.15, 0.2) is 28.7 Å². The van der Waals surface area contributed by atoms with E-state index in [-0.39, 0.29) is 24.2 Å². The van der Waals surface area contributed by atoms with Crippen LogP contribution in [-0.2, 0) is 9.59 Å². The second kappa shape index (κ2) is 6.85. The van der Waals surface area contributed by atoms with Gasteiger partial charge in [-0.1, -0.05) is 12.1 Å². The third-order valence-electron chi connectivity index (χ3n) is 3.32. The van der Waals surface area contributed by atoms with Crippen LogP contribution in [-0.4, -0.2) is 31.4 Å². The van der Waals surface area contributed by atoms with Crippen LogP contribution in [0.5, 0.6) is 0 Å². The van der Waals surface area contributed by atoms with Crippen molar-refractivity contribution in [3.8, 4) is 0 Å². The largest absolute Gasteiger partial charge is 0.356 e. The lowest BCUT2D eigenvalue weighted by Gasteiger charge is -2.18. The van der Waals surface area contributed by atoms with Crippen molar-refractivity contribution in [1.29, 1.82) is 0 Å². The molecule has 0 spiro atoms. The number of carbonyl (C=O) groups excluding carboxylic acids is 2. The molecule has 1 atom stereocenters. The van der Waals surface area contributed by atoms with E-state index in [1.54, 1.807) is 4.90 Å². The van der Waals surface area contributed by atoms with Gasteiger partial charge in [-0.15, -0.1) is 0 Å². The average Bonchev–Trinajstić information content (AvgIpc) is 2.81. The molecule has 0 aliphatic carbocycles. The van der Waals surface area contributed by atoms with Gasteiger partial charge in [-0.2, -0.15) is 0 Å². The number of carbonyl (C=O) groups is 2. The third-order valence-corrected chi connectivity index (χ3v) is 3.99. The van der Waals surface area contributed by atoms with E-state index < -0.39 is 0 Å². The maximum absolute atomic E-state index is 12.1. The van der Waals surface area contributed by atoms with Gasteiger partial charge in [0.2, 0.25) is 11.8 Å². The summed E-state index contributed by atoms with van der Waals surface area (Å²) in [6.45, 7) is 1.54. The van der Waals surface area contributed by atoms with Gasteiger partial charge in [0, 0.05) is 24.0 Å². The molecule has 0 bridgehead atoms. The van der Waals surface area contributed by atoms with Crippen LogP contribution in [0.4, 0.5) is 5.69 Å². The summed E-state index contributed by atoms with van der Waals surface area (Å²) >= 11 is 3.43. The molecule has 1 aliphatic rings. The zero-order chi connectivity index (χ0) is 14.5. The first-order valence-corrected chi connectivity index (χ1v) is 7.45. The van der Waals surface area contributed by atoms with Crippen molar-refractivity contribution in [2.75, 3.05) is 24.5 Å². The molecule has 108 valence electrons. The standard InChI is InChI=1S/C14H18BrN3O2/c15-11-4-1-2-5-12(11)18-9-10(8-13(18)19)14(20)17-7-3-6-16/h1-2,4-5,10H,3,6-9,16H2,(H,17,20). The van der Waals surface area contributed by atoms with Gasteiger partial charge in [0.05, 0.1) is 11.6 Å². The number of hydrogen-bond acceptors (Lipinski definition) is 3. The fourth-order valence-electron chi connectivity index (χ4n) is 2.24. The molecular weight excluding hydrogens is 322 g/mol. The van der Waals surface area contributed by atoms with Gasteiger partial charge in [0.25, 0.3) is 0 Å². The fraction of sp³-hybridized carbons (Fsp3) is 0.429. The molecule has 1 aliphatic heterocycles. The molecule has 1 unspecified atom stereocenters. The zero-order valence-corrected chi connectivity index (χ0v) is 12.7. The van der Waals surface area contributed by atoms with Crippen molar-refractivity contribution in [3.05, 3.63) is 28.7 Å². The van der Waals surface area contributed by atoms with E-state index >= 15 is 0 Å².